The Bertz CT molecular complexity index is 1200. The van der Waals surface area contributed by atoms with Gasteiger partial charge in [-0.15, -0.1) is 16.8 Å². The van der Waals surface area contributed by atoms with Crippen molar-refractivity contribution in [1.82, 2.24) is 20.1 Å². The summed E-state index contributed by atoms with van der Waals surface area (Å²) in [5, 5.41) is 15.4. The molecule has 0 aliphatic carbocycles. The maximum Gasteiger partial charge on any atom is 0.251 e. The lowest BCUT2D eigenvalue weighted by atomic mass is 10.0. The van der Waals surface area contributed by atoms with Gasteiger partial charge in [-0.2, -0.15) is 0 Å². The van der Waals surface area contributed by atoms with Crippen molar-refractivity contribution in [3.63, 3.8) is 0 Å². The van der Waals surface area contributed by atoms with Crippen LogP contribution in [0.25, 0.3) is 0 Å². The van der Waals surface area contributed by atoms with Crippen LogP contribution in [-0.2, 0) is 11.3 Å². The molecule has 0 bridgehead atoms. The van der Waals surface area contributed by atoms with Crippen molar-refractivity contribution in [2.24, 2.45) is 5.92 Å². The van der Waals surface area contributed by atoms with Crippen molar-refractivity contribution in [1.29, 1.82) is 0 Å². The third-order valence-electron chi connectivity index (χ3n) is 5.72. The van der Waals surface area contributed by atoms with Gasteiger partial charge in [0.2, 0.25) is 5.91 Å². The molecule has 1 heterocycles. The van der Waals surface area contributed by atoms with Crippen molar-refractivity contribution in [2.45, 2.75) is 45.4 Å². The summed E-state index contributed by atoms with van der Waals surface area (Å²) in [5.74, 6) is 1.18. The largest absolute Gasteiger partial charge is 0.497 e. The van der Waals surface area contributed by atoms with Gasteiger partial charge in [0.05, 0.1) is 18.9 Å². The van der Waals surface area contributed by atoms with Crippen LogP contribution in [0.4, 0.5) is 5.69 Å². The van der Waals surface area contributed by atoms with Crippen LogP contribution in [0.5, 0.6) is 5.75 Å². The van der Waals surface area contributed by atoms with Gasteiger partial charge in [0.25, 0.3) is 5.91 Å². The van der Waals surface area contributed by atoms with Gasteiger partial charge >= 0.3 is 0 Å². The maximum atomic E-state index is 13.0. The monoisotopic (exact) mass is 507 g/mol. The van der Waals surface area contributed by atoms with Crippen LogP contribution in [0.2, 0.25) is 0 Å². The Morgan fingerprint density at radius 1 is 1.11 bits per heavy atom. The Balaban J connectivity index is 1.76. The van der Waals surface area contributed by atoms with Crippen LogP contribution < -0.4 is 15.4 Å². The second-order valence-corrected chi connectivity index (χ2v) is 9.71. The lowest BCUT2D eigenvalue weighted by Gasteiger charge is -2.22. The topological polar surface area (TPSA) is 98.1 Å². The van der Waals surface area contributed by atoms with E-state index in [0.29, 0.717) is 28.8 Å². The zero-order valence-electron chi connectivity index (χ0n) is 21.4. The summed E-state index contributed by atoms with van der Waals surface area (Å²) in [6.45, 7) is 12.3. The minimum atomic E-state index is -0.384. The van der Waals surface area contributed by atoms with Gasteiger partial charge in [0, 0.05) is 17.8 Å². The Hall–Kier alpha value is -3.59. The predicted molar refractivity (Wildman–Crippen MR) is 144 cm³/mol. The number of ether oxygens (including phenoxy) is 1. The van der Waals surface area contributed by atoms with E-state index in [0.717, 1.165) is 16.8 Å². The number of nitrogens with one attached hydrogen (secondary N) is 2. The molecule has 8 nitrogen and oxygen atoms in total. The highest BCUT2D eigenvalue weighted by Gasteiger charge is 2.26. The second-order valence-electron chi connectivity index (χ2n) is 8.77. The van der Waals surface area contributed by atoms with Crippen LogP contribution in [0.1, 0.15) is 47.2 Å². The number of benzene rings is 2. The van der Waals surface area contributed by atoms with E-state index in [1.807, 2.05) is 50.5 Å². The van der Waals surface area contributed by atoms with Gasteiger partial charge in [-0.25, -0.2) is 0 Å². The zero-order valence-corrected chi connectivity index (χ0v) is 22.2. The molecule has 0 radical (unpaired) electrons. The number of aryl methyl sites for hydroxylation is 2. The number of hydrogen-bond donors (Lipinski definition) is 2. The third-order valence-corrected chi connectivity index (χ3v) is 6.69. The summed E-state index contributed by atoms with van der Waals surface area (Å²) in [4.78, 5) is 25.6. The molecule has 0 saturated carbocycles. The van der Waals surface area contributed by atoms with E-state index in [-0.39, 0.29) is 29.5 Å². The Morgan fingerprint density at radius 3 is 2.36 bits per heavy atom. The van der Waals surface area contributed by atoms with E-state index in [9.17, 15) is 9.59 Å². The maximum absolute atomic E-state index is 13.0. The predicted octanol–water partition coefficient (Wildman–Crippen LogP) is 4.95. The molecular formula is C27H33N5O3S. The first-order valence-electron chi connectivity index (χ1n) is 11.7. The van der Waals surface area contributed by atoms with E-state index in [4.69, 9.17) is 4.74 Å². The first-order chi connectivity index (χ1) is 17.2. The second kappa shape index (κ2) is 12.4. The van der Waals surface area contributed by atoms with E-state index < -0.39 is 0 Å². The number of rotatable bonds is 11. The highest BCUT2D eigenvalue weighted by Crippen LogP contribution is 2.26. The fourth-order valence-electron chi connectivity index (χ4n) is 3.75. The molecule has 0 spiro atoms. The van der Waals surface area contributed by atoms with Crippen LogP contribution in [0.15, 0.2) is 60.3 Å². The summed E-state index contributed by atoms with van der Waals surface area (Å²) in [5.41, 5.74) is 3.38. The molecular weight excluding hydrogens is 474 g/mol. The number of methoxy groups -OCH3 is 1. The molecule has 2 N–H and O–H groups in total. The van der Waals surface area contributed by atoms with E-state index in [2.05, 4.69) is 27.4 Å². The number of carbonyl (C=O) groups is 2. The quantitative estimate of drug-likeness (QED) is 0.282. The molecule has 2 aromatic carbocycles. The smallest absolute Gasteiger partial charge is 0.251 e. The molecule has 36 heavy (non-hydrogen) atoms. The normalized spacial score (nSPS) is 11.7. The molecule has 1 unspecified atom stereocenters. The molecule has 0 saturated heterocycles. The molecule has 0 fully saturated rings. The van der Waals surface area contributed by atoms with E-state index in [1.54, 1.807) is 37.5 Å². The summed E-state index contributed by atoms with van der Waals surface area (Å²) < 4.78 is 7.07. The standard InChI is InChI=1S/C27H33N5O3S/c1-7-15-32-25(23(17(2)3)29-26(34)20-11-13-21(35-6)14-12-20)30-31-27(32)36-16-22(33)28-24-18(4)9-8-10-19(24)5/h7-14,17,23H,1,15-16H2,2-6H3,(H,28,33)(H,29,34). The number of anilines is 1. The number of thioether (sulfide) groups is 1. The van der Waals surface area contributed by atoms with Gasteiger partial charge in [0.15, 0.2) is 11.0 Å². The van der Waals surface area contributed by atoms with Crippen LogP contribution in [-0.4, -0.2) is 39.4 Å². The van der Waals surface area contributed by atoms with Gasteiger partial charge < -0.3 is 19.9 Å². The van der Waals surface area contributed by atoms with Crippen LogP contribution >= 0.6 is 11.8 Å². The fourth-order valence-corrected chi connectivity index (χ4v) is 4.51. The highest BCUT2D eigenvalue weighted by atomic mass is 32.2. The number of hydrogen-bond acceptors (Lipinski definition) is 6. The number of allylic oxidation sites excluding steroid dienone is 1. The van der Waals surface area contributed by atoms with Gasteiger partial charge in [0.1, 0.15) is 5.75 Å². The average Bonchev–Trinajstić information content (AvgIpc) is 3.25. The van der Waals surface area contributed by atoms with Crippen molar-refractivity contribution in [3.05, 3.63) is 77.6 Å². The van der Waals surface area contributed by atoms with Crippen molar-refractivity contribution >= 4 is 29.3 Å². The fraction of sp³-hybridized carbons (Fsp3) is 0.333. The molecule has 2 amide bonds. The Labute approximate surface area is 216 Å². The number of nitrogens with zero attached hydrogens (tertiary/aromatic N) is 3. The van der Waals surface area contributed by atoms with Crippen molar-refractivity contribution < 1.29 is 14.3 Å². The SMILES string of the molecule is C=CCn1c(SCC(=O)Nc2c(C)cccc2C)nnc1C(NC(=O)c1ccc(OC)cc1)C(C)C. The van der Waals surface area contributed by atoms with E-state index in [1.165, 1.54) is 11.8 Å². The highest BCUT2D eigenvalue weighted by molar-refractivity contribution is 7.99. The Morgan fingerprint density at radius 2 is 1.78 bits per heavy atom. The van der Waals surface area contributed by atoms with Crippen molar-refractivity contribution in [2.75, 3.05) is 18.2 Å². The Kier molecular flexibility index (Phi) is 9.30. The summed E-state index contributed by atoms with van der Waals surface area (Å²) in [6.07, 6.45) is 1.75. The summed E-state index contributed by atoms with van der Waals surface area (Å²) in [6, 6.07) is 12.4. The lowest BCUT2D eigenvalue weighted by molar-refractivity contribution is -0.113. The minimum Gasteiger partial charge on any atom is -0.497 e. The zero-order chi connectivity index (χ0) is 26.2. The summed E-state index contributed by atoms with van der Waals surface area (Å²) in [7, 11) is 1.58. The van der Waals surface area contributed by atoms with Gasteiger partial charge in [-0.1, -0.05) is 49.9 Å². The van der Waals surface area contributed by atoms with Gasteiger partial charge in [-0.3, -0.25) is 9.59 Å². The molecule has 3 aromatic rings. The van der Waals surface area contributed by atoms with E-state index >= 15 is 0 Å². The number of carbonyl (C=O) groups excluding carboxylic acids is 2. The summed E-state index contributed by atoms with van der Waals surface area (Å²) >= 11 is 1.30. The number of amides is 2. The first-order valence-corrected chi connectivity index (χ1v) is 12.7. The van der Waals surface area contributed by atoms with Gasteiger partial charge in [-0.05, 0) is 55.2 Å². The molecule has 3 rings (SSSR count). The number of aromatic nitrogens is 3. The van der Waals surface area contributed by atoms with Crippen molar-refractivity contribution in [3.8, 4) is 5.75 Å². The molecule has 1 aromatic heterocycles. The molecule has 1 atom stereocenters. The molecule has 9 heteroatoms. The molecule has 0 aliphatic heterocycles. The minimum absolute atomic E-state index is 0.0464. The van der Waals surface area contributed by atoms with Crippen LogP contribution in [0.3, 0.4) is 0 Å². The molecule has 190 valence electrons. The molecule has 0 aliphatic rings. The van der Waals surface area contributed by atoms with Crippen LogP contribution in [0, 0.1) is 19.8 Å². The first kappa shape index (κ1) is 27.0. The third kappa shape index (κ3) is 6.54. The average molecular weight is 508 g/mol. The number of para-hydroxylation sites is 1. The lowest BCUT2D eigenvalue weighted by Crippen LogP contribution is -2.33.